The minimum atomic E-state index is 0.0169. The van der Waals surface area contributed by atoms with Crippen molar-refractivity contribution in [2.24, 2.45) is 0 Å². The summed E-state index contributed by atoms with van der Waals surface area (Å²) in [5.41, 5.74) is 6.90. The number of benzene rings is 1. The summed E-state index contributed by atoms with van der Waals surface area (Å²) in [6.45, 7) is 1.40. The maximum absolute atomic E-state index is 9.61. The van der Waals surface area contributed by atoms with Crippen molar-refractivity contribution < 1.29 is 15.3 Å². The van der Waals surface area contributed by atoms with E-state index in [1.54, 1.807) is 18.2 Å². The number of hydrogen-bond acceptors (Lipinski definition) is 5. The molecule has 5 N–H and O–H groups in total. The van der Waals surface area contributed by atoms with E-state index in [1.165, 1.54) is 0 Å². The number of aromatic hydroxyl groups is 1. The second-order valence-corrected chi connectivity index (χ2v) is 3.61. The van der Waals surface area contributed by atoms with Gasteiger partial charge in [-0.2, -0.15) is 0 Å². The van der Waals surface area contributed by atoms with E-state index in [0.717, 1.165) is 0 Å². The van der Waals surface area contributed by atoms with Crippen LogP contribution in [0.1, 0.15) is 5.56 Å². The van der Waals surface area contributed by atoms with Gasteiger partial charge < -0.3 is 21.1 Å². The van der Waals surface area contributed by atoms with E-state index in [-0.39, 0.29) is 19.0 Å². The Morgan fingerprint density at radius 2 is 1.75 bits per heavy atom. The van der Waals surface area contributed by atoms with Gasteiger partial charge in [-0.05, 0) is 18.2 Å². The minimum Gasteiger partial charge on any atom is -0.508 e. The fourth-order valence-corrected chi connectivity index (χ4v) is 1.53. The standard InChI is InChI=1S/C11H18N2O3/c12-10-1-2-11(16)9(7-10)8-13(3-5-14)4-6-15/h1-2,7,14-16H,3-6,8,12H2. The van der Waals surface area contributed by atoms with Crippen molar-refractivity contribution in [3.05, 3.63) is 23.8 Å². The molecule has 1 rings (SSSR count). The molecule has 0 spiro atoms. The maximum Gasteiger partial charge on any atom is 0.120 e. The molecule has 0 saturated carbocycles. The molecule has 90 valence electrons. The molecule has 0 bridgehead atoms. The smallest absolute Gasteiger partial charge is 0.120 e. The fraction of sp³-hybridized carbons (Fsp3) is 0.455. The van der Waals surface area contributed by atoms with Gasteiger partial charge in [0.05, 0.1) is 13.2 Å². The van der Waals surface area contributed by atoms with E-state index in [4.69, 9.17) is 15.9 Å². The van der Waals surface area contributed by atoms with Crippen molar-refractivity contribution in [1.29, 1.82) is 0 Å². The lowest BCUT2D eigenvalue weighted by molar-refractivity contribution is 0.155. The van der Waals surface area contributed by atoms with Crippen LogP contribution in [-0.2, 0) is 6.54 Å². The van der Waals surface area contributed by atoms with E-state index in [2.05, 4.69) is 0 Å². The monoisotopic (exact) mass is 226 g/mol. The quantitative estimate of drug-likeness (QED) is 0.397. The lowest BCUT2D eigenvalue weighted by Crippen LogP contribution is -2.29. The molecule has 5 heteroatoms. The normalized spacial score (nSPS) is 10.9. The Morgan fingerprint density at radius 3 is 2.31 bits per heavy atom. The fourth-order valence-electron chi connectivity index (χ4n) is 1.53. The van der Waals surface area contributed by atoms with Gasteiger partial charge in [0.2, 0.25) is 0 Å². The highest BCUT2D eigenvalue weighted by atomic mass is 16.3. The Balaban J connectivity index is 2.71. The van der Waals surface area contributed by atoms with Crippen molar-refractivity contribution >= 4 is 5.69 Å². The highest BCUT2D eigenvalue weighted by Crippen LogP contribution is 2.21. The van der Waals surface area contributed by atoms with E-state index < -0.39 is 0 Å². The average Bonchev–Trinajstić information content (AvgIpc) is 2.24. The molecule has 0 amide bonds. The third-order valence-electron chi connectivity index (χ3n) is 2.33. The number of phenolic OH excluding ortho intramolecular Hbond substituents is 1. The number of phenols is 1. The molecular formula is C11H18N2O3. The topological polar surface area (TPSA) is 90.0 Å². The lowest BCUT2D eigenvalue weighted by Gasteiger charge is -2.20. The van der Waals surface area contributed by atoms with Gasteiger partial charge >= 0.3 is 0 Å². The Hall–Kier alpha value is -1.30. The number of aliphatic hydroxyl groups excluding tert-OH is 2. The van der Waals surface area contributed by atoms with E-state index >= 15 is 0 Å². The number of aliphatic hydroxyl groups is 2. The van der Waals surface area contributed by atoms with Gasteiger partial charge in [-0.3, -0.25) is 4.90 Å². The number of anilines is 1. The second-order valence-electron chi connectivity index (χ2n) is 3.61. The van der Waals surface area contributed by atoms with Crippen molar-refractivity contribution in [2.45, 2.75) is 6.54 Å². The minimum absolute atomic E-state index is 0.0169. The third kappa shape index (κ3) is 3.69. The van der Waals surface area contributed by atoms with Crippen molar-refractivity contribution in [3.63, 3.8) is 0 Å². The van der Waals surface area contributed by atoms with Crippen LogP contribution >= 0.6 is 0 Å². The Bertz CT molecular complexity index is 325. The first-order valence-electron chi connectivity index (χ1n) is 5.19. The lowest BCUT2D eigenvalue weighted by atomic mass is 10.1. The molecule has 0 aliphatic carbocycles. The molecule has 0 aromatic heterocycles. The van der Waals surface area contributed by atoms with E-state index in [9.17, 15) is 5.11 Å². The molecule has 0 aliphatic heterocycles. The molecule has 0 unspecified atom stereocenters. The summed E-state index contributed by atoms with van der Waals surface area (Å²) in [6, 6.07) is 4.86. The first kappa shape index (κ1) is 12.8. The van der Waals surface area contributed by atoms with Gasteiger partial charge in [0.1, 0.15) is 5.75 Å². The molecular weight excluding hydrogens is 208 g/mol. The average molecular weight is 226 g/mol. The number of nitrogens with zero attached hydrogens (tertiary/aromatic N) is 1. The van der Waals surface area contributed by atoms with E-state index in [1.807, 2.05) is 4.90 Å². The molecule has 0 heterocycles. The molecule has 0 aliphatic rings. The third-order valence-corrected chi connectivity index (χ3v) is 2.33. The summed E-state index contributed by atoms with van der Waals surface area (Å²) < 4.78 is 0. The largest absolute Gasteiger partial charge is 0.508 e. The van der Waals surface area contributed by atoms with Gasteiger partial charge in [0.15, 0.2) is 0 Å². The van der Waals surface area contributed by atoms with Gasteiger partial charge in [-0.15, -0.1) is 0 Å². The predicted molar refractivity (Wildman–Crippen MR) is 62.0 cm³/mol. The number of rotatable bonds is 6. The van der Waals surface area contributed by atoms with Crippen LogP contribution in [0.5, 0.6) is 5.75 Å². The van der Waals surface area contributed by atoms with Crippen LogP contribution in [0.4, 0.5) is 5.69 Å². The van der Waals surface area contributed by atoms with Crippen LogP contribution in [0.3, 0.4) is 0 Å². The predicted octanol–water partition coefficient (Wildman–Crippen LogP) is -0.239. The molecule has 1 aromatic carbocycles. The Labute approximate surface area is 94.7 Å². The highest BCUT2D eigenvalue weighted by Gasteiger charge is 2.08. The second kappa shape index (κ2) is 6.32. The Kier molecular flexibility index (Phi) is 5.04. The van der Waals surface area contributed by atoms with Crippen LogP contribution < -0.4 is 5.73 Å². The SMILES string of the molecule is Nc1ccc(O)c(CN(CCO)CCO)c1. The first-order chi connectivity index (χ1) is 7.67. The van der Waals surface area contributed by atoms with Crippen LogP contribution in [-0.4, -0.2) is 46.5 Å². The zero-order chi connectivity index (χ0) is 12.0. The summed E-state index contributed by atoms with van der Waals surface area (Å²) in [7, 11) is 0. The van der Waals surface area contributed by atoms with Crippen LogP contribution in [0.2, 0.25) is 0 Å². The van der Waals surface area contributed by atoms with Crippen molar-refractivity contribution in [2.75, 3.05) is 32.0 Å². The molecule has 0 atom stereocenters. The van der Waals surface area contributed by atoms with Crippen molar-refractivity contribution in [3.8, 4) is 5.75 Å². The van der Waals surface area contributed by atoms with E-state index in [0.29, 0.717) is 30.9 Å². The highest BCUT2D eigenvalue weighted by molar-refractivity contribution is 5.47. The number of nitrogen functional groups attached to an aromatic ring is 1. The zero-order valence-electron chi connectivity index (χ0n) is 9.13. The van der Waals surface area contributed by atoms with Gasteiger partial charge in [-0.25, -0.2) is 0 Å². The van der Waals surface area contributed by atoms with Gasteiger partial charge in [0.25, 0.3) is 0 Å². The zero-order valence-corrected chi connectivity index (χ0v) is 9.13. The molecule has 16 heavy (non-hydrogen) atoms. The van der Waals surface area contributed by atoms with Crippen molar-refractivity contribution in [1.82, 2.24) is 4.90 Å². The summed E-state index contributed by atoms with van der Waals surface area (Å²) in [4.78, 5) is 1.84. The first-order valence-corrected chi connectivity index (χ1v) is 5.19. The molecule has 0 fully saturated rings. The van der Waals surface area contributed by atoms with Crippen LogP contribution in [0.15, 0.2) is 18.2 Å². The van der Waals surface area contributed by atoms with Gasteiger partial charge in [0, 0.05) is 30.9 Å². The van der Waals surface area contributed by atoms with Gasteiger partial charge in [-0.1, -0.05) is 0 Å². The number of hydrogen-bond donors (Lipinski definition) is 4. The molecule has 1 aromatic rings. The molecule has 5 nitrogen and oxygen atoms in total. The summed E-state index contributed by atoms with van der Waals surface area (Å²) >= 11 is 0. The summed E-state index contributed by atoms with van der Waals surface area (Å²) in [5.74, 6) is 0.176. The van der Waals surface area contributed by atoms with Crippen LogP contribution in [0, 0.1) is 0 Å². The Morgan fingerprint density at radius 1 is 1.12 bits per heavy atom. The number of nitrogens with two attached hydrogens (primary N) is 1. The van der Waals surface area contributed by atoms with Crippen LogP contribution in [0.25, 0.3) is 0 Å². The summed E-state index contributed by atoms with van der Waals surface area (Å²) in [5, 5.41) is 27.3. The maximum atomic E-state index is 9.61. The molecule has 0 radical (unpaired) electrons. The molecule has 0 saturated heterocycles. The summed E-state index contributed by atoms with van der Waals surface area (Å²) in [6.07, 6.45) is 0.